The average Bonchev–Trinajstić information content (AvgIpc) is 2.30. The van der Waals surface area contributed by atoms with Gasteiger partial charge in [-0.3, -0.25) is 4.90 Å². The van der Waals surface area contributed by atoms with Crippen LogP contribution in [0.5, 0.6) is 0 Å². The lowest BCUT2D eigenvalue weighted by Gasteiger charge is -2.35. The summed E-state index contributed by atoms with van der Waals surface area (Å²) in [5, 5.41) is 21.3. The van der Waals surface area contributed by atoms with E-state index in [9.17, 15) is 10.3 Å². The molecule has 0 aliphatic carbocycles. The highest BCUT2D eigenvalue weighted by Crippen LogP contribution is 2.26. The molecule has 1 aliphatic rings. The number of rotatable bonds is 3. The van der Waals surface area contributed by atoms with Gasteiger partial charge in [0.2, 0.25) is 0 Å². The summed E-state index contributed by atoms with van der Waals surface area (Å²) in [5.41, 5.74) is 0.902. The van der Waals surface area contributed by atoms with Gasteiger partial charge in [-0.15, -0.1) is 0 Å². The minimum Gasteiger partial charge on any atom is -0.619 e. The van der Waals surface area contributed by atoms with Crippen LogP contribution < -0.4 is 4.73 Å². The number of piperidine rings is 1. The second kappa shape index (κ2) is 5.47. The van der Waals surface area contributed by atoms with Gasteiger partial charge in [0.25, 0.3) is 0 Å². The summed E-state index contributed by atoms with van der Waals surface area (Å²) in [7, 11) is 0. The molecule has 1 saturated heterocycles. The Morgan fingerprint density at radius 3 is 2.65 bits per heavy atom. The fourth-order valence-corrected chi connectivity index (χ4v) is 2.64. The molecular formula is C13H20N2O2. The van der Waals surface area contributed by atoms with Crippen LogP contribution in [0.1, 0.15) is 37.8 Å². The highest BCUT2D eigenvalue weighted by Gasteiger charge is 2.27. The van der Waals surface area contributed by atoms with E-state index in [1.807, 2.05) is 6.07 Å². The molecule has 4 nitrogen and oxygen atoms in total. The molecule has 0 aromatic carbocycles. The first-order valence-corrected chi connectivity index (χ1v) is 6.29. The summed E-state index contributed by atoms with van der Waals surface area (Å²) >= 11 is 0. The van der Waals surface area contributed by atoms with Gasteiger partial charge in [-0.2, -0.15) is 4.73 Å². The number of aromatic nitrogens is 1. The molecular weight excluding hydrogens is 216 g/mol. The number of hydrogen-bond donors (Lipinski definition) is 1. The molecule has 1 aliphatic heterocycles. The van der Waals surface area contributed by atoms with Crippen molar-refractivity contribution in [2.45, 2.75) is 38.3 Å². The first-order chi connectivity index (χ1) is 8.18. The zero-order chi connectivity index (χ0) is 12.3. The maximum atomic E-state index is 11.3. The monoisotopic (exact) mass is 236 g/mol. The average molecular weight is 236 g/mol. The van der Waals surface area contributed by atoms with Crippen molar-refractivity contribution in [3.8, 4) is 0 Å². The fraction of sp³-hybridized carbons (Fsp3) is 0.615. The van der Waals surface area contributed by atoms with Crippen molar-refractivity contribution in [1.82, 2.24) is 4.90 Å². The minimum absolute atomic E-state index is 0.0586. The number of pyridine rings is 1. The SMILES string of the molecule is C[C@@H](O)[C@H](c1ccc[n+]([O-])c1)N1CCCCC1. The molecule has 2 rings (SSSR count). The summed E-state index contributed by atoms with van der Waals surface area (Å²) < 4.78 is 0.800. The normalized spacial score (nSPS) is 21.1. The van der Waals surface area contributed by atoms with Crippen LogP contribution in [0.4, 0.5) is 0 Å². The molecule has 2 atom stereocenters. The molecule has 1 aromatic heterocycles. The second-order valence-electron chi connectivity index (χ2n) is 4.78. The van der Waals surface area contributed by atoms with Crippen molar-refractivity contribution in [3.63, 3.8) is 0 Å². The van der Waals surface area contributed by atoms with Crippen molar-refractivity contribution < 1.29 is 9.84 Å². The van der Waals surface area contributed by atoms with Crippen molar-refractivity contribution in [2.24, 2.45) is 0 Å². The predicted molar refractivity (Wildman–Crippen MR) is 65.2 cm³/mol. The van der Waals surface area contributed by atoms with Crippen LogP contribution in [-0.2, 0) is 0 Å². The third-order valence-corrected chi connectivity index (χ3v) is 3.38. The number of aliphatic hydroxyl groups is 1. The van der Waals surface area contributed by atoms with Gasteiger partial charge in [0.05, 0.1) is 12.1 Å². The third kappa shape index (κ3) is 2.96. The molecule has 2 heterocycles. The molecule has 0 saturated carbocycles. The lowest BCUT2D eigenvalue weighted by Crippen LogP contribution is -2.40. The standard InChI is InChI=1S/C13H20N2O2/c1-11(16)13(14-7-3-2-4-8-14)12-6-5-9-15(17)10-12/h5-6,9-11,13,16H,2-4,7-8H2,1H3/t11-,13-/m1/s1. The van der Waals surface area contributed by atoms with E-state index in [4.69, 9.17) is 0 Å². The van der Waals surface area contributed by atoms with Crippen LogP contribution in [0.2, 0.25) is 0 Å². The molecule has 1 N–H and O–H groups in total. The number of hydrogen-bond acceptors (Lipinski definition) is 3. The van der Waals surface area contributed by atoms with Crippen LogP contribution in [0, 0.1) is 5.21 Å². The van der Waals surface area contributed by atoms with Crippen LogP contribution in [0.3, 0.4) is 0 Å². The van der Waals surface area contributed by atoms with Gasteiger partial charge in [0.1, 0.15) is 0 Å². The number of likely N-dealkylation sites (tertiary alicyclic amines) is 1. The lowest BCUT2D eigenvalue weighted by molar-refractivity contribution is -0.606. The molecule has 0 radical (unpaired) electrons. The van der Waals surface area contributed by atoms with Gasteiger partial charge in [0, 0.05) is 11.6 Å². The van der Waals surface area contributed by atoms with E-state index in [0.29, 0.717) is 0 Å². The molecule has 4 heteroatoms. The Kier molecular flexibility index (Phi) is 3.97. The van der Waals surface area contributed by atoms with Crippen LogP contribution in [-0.4, -0.2) is 29.2 Å². The Morgan fingerprint density at radius 1 is 1.35 bits per heavy atom. The van der Waals surface area contributed by atoms with E-state index in [0.717, 1.165) is 23.4 Å². The van der Waals surface area contributed by atoms with E-state index < -0.39 is 6.10 Å². The quantitative estimate of drug-likeness (QED) is 0.634. The zero-order valence-corrected chi connectivity index (χ0v) is 10.2. The number of aliphatic hydroxyl groups excluding tert-OH is 1. The summed E-state index contributed by atoms with van der Waals surface area (Å²) in [4.78, 5) is 2.28. The van der Waals surface area contributed by atoms with Crippen molar-refractivity contribution >= 4 is 0 Å². The molecule has 1 fully saturated rings. The smallest absolute Gasteiger partial charge is 0.185 e. The van der Waals surface area contributed by atoms with Gasteiger partial charge < -0.3 is 10.3 Å². The predicted octanol–water partition coefficient (Wildman–Crippen LogP) is 1.23. The fourth-order valence-electron chi connectivity index (χ4n) is 2.64. The van der Waals surface area contributed by atoms with Gasteiger partial charge in [-0.1, -0.05) is 6.42 Å². The van der Waals surface area contributed by atoms with Gasteiger partial charge in [-0.25, -0.2) is 0 Å². The zero-order valence-electron chi connectivity index (χ0n) is 10.2. The lowest BCUT2D eigenvalue weighted by atomic mass is 9.99. The Hall–Kier alpha value is -1.13. The highest BCUT2D eigenvalue weighted by atomic mass is 16.5. The molecule has 17 heavy (non-hydrogen) atoms. The summed E-state index contributed by atoms with van der Waals surface area (Å²) in [6.07, 6.45) is 6.18. The Labute approximate surface area is 102 Å². The van der Waals surface area contributed by atoms with Crippen LogP contribution in [0.15, 0.2) is 24.5 Å². The van der Waals surface area contributed by atoms with Gasteiger partial charge in [0.15, 0.2) is 12.4 Å². The summed E-state index contributed by atoms with van der Waals surface area (Å²) in [5.74, 6) is 0. The third-order valence-electron chi connectivity index (χ3n) is 3.38. The van der Waals surface area contributed by atoms with E-state index in [2.05, 4.69) is 4.90 Å². The van der Waals surface area contributed by atoms with E-state index >= 15 is 0 Å². The second-order valence-corrected chi connectivity index (χ2v) is 4.78. The van der Waals surface area contributed by atoms with Gasteiger partial charge >= 0.3 is 0 Å². The summed E-state index contributed by atoms with van der Waals surface area (Å²) in [6.45, 7) is 3.80. The molecule has 1 aromatic rings. The van der Waals surface area contributed by atoms with Crippen molar-refractivity contribution in [2.75, 3.05) is 13.1 Å². The maximum Gasteiger partial charge on any atom is 0.185 e. The highest BCUT2D eigenvalue weighted by molar-refractivity contribution is 5.13. The molecule has 0 amide bonds. The maximum absolute atomic E-state index is 11.3. The Bertz CT molecular complexity index is 362. The van der Waals surface area contributed by atoms with E-state index in [-0.39, 0.29) is 6.04 Å². The molecule has 0 bridgehead atoms. The van der Waals surface area contributed by atoms with Crippen LogP contribution >= 0.6 is 0 Å². The van der Waals surface area contributed by atoms with Gasteiger partial charge in [-0.05, 0) is 38.9 Å². The molecule has 94 valence electrons. The van der Waals surface area contributed by atoms with Crippen molar-refractivity contribution in [1.29, 1.82) is 0 Å². The molecule has 0 spiro atoms. The number of nitrogens with zero attached hydrogens (tertiary/aromatic N) is 2. The van der Waals surface area contributed by atoms with Crippen LogP contribution in [0.25, 0.3) is 0 Å². The molecule has 0 unspecified atom stereocenters. The Balaban J connectivity index is 2.21. The largest absolute Gasteiger partial charge is 0.619 e. The van der Waals surface area contributed by atoms with E-state index in [1.165, 1.54) is 25.5 Å². The first-order valence-electron chi connectivity index (χ1n) is 6.29. The summed E-state index contributed by atoms with van der Waals surface area (Å²) in [6, 6.07) is 3.60. The van der Waals surface area contributed by atoms with E-state index in [1.54, 1.807) is 19.2 Å². The Morgan fingerprint density at radius 2 is 2.06 bits per heavy atom. The van der Waals surface area contributed by atoms with Crippen molar-refractivity contribution in [3.05, 3.63) is 35.3 Å². The minimum atomic E-state index is -0.463. The topological polar surface area (TPSA) is 50.4 Å². The first kappa shape index (κ1) is 12.3.